The molecule has 0 spiro atoms. The lowest BCUT2D eigenvalue weighted by atomic mass is 10.1. The second-order valence-electron chi connectivity index (χ2n) is 7.42. The Labute approximate surface area is 192 Å². The van der Waals surface area contributed by atoms with E-state index in [-0.39, 0.29) is 11.8 Å². The van der Waals surface area contributed by atoms with Crippen molar-refractivity contribution >= 4 is 23.4 Å². The van der Waals surface area contributed by atoms with Crippen LogP contribution in [0.25, 0.3) is 0 Å². The third kappa shape index (κ3) is 6.17. The Morgan fingerprint density at radius 2 is 1.76 bits per heavy atom. The number of ether oxygens (including phenoxy) is 2. The molecular weight excluding hydrogens is 422 g/mol. The summed E-state index contributed by atoms with van der Waals surface area (Å²) in [5.74, 6) is 0.471. The molecule has 0 radical (unpaired) electrons. The number of hydrogen-bond donors (Lipinski definition) is 2. The van der Waals surface area contributed by atoms with Gasteiger partial charge in [-0.05, 0) is 42.8 Å². The molecule has 0 unspecified atom stereocenters. The zero-order chi connectivity index (χ0) is 23.6. The number of rotatable bonds is 11. The van der Waals surface area contributed by atoms with Crippen LogP contribution in [0.2, 0.25) is 0 Å². The highest BCUT2D eigenvalue weighted by molar-refractivity contribution is 6.21. The van der Waals surface area contributed by atoms with Gasteiger partial charge in [0.05, 0.1) is 23.3 Å². The van der Waals surface area contributed by atoms with Crippen molar-refractivity contribution in [3.8, 4) is 5.75 Å². The zero-order valence-electron chi connectivity index (χ0n) is 18.6. The van der Waals surface area contributed by atoms with Gasteiger partial charge in [0.25, 0.3) is 11.8 Å². The Kier molecular flexibility index (Phi) is 8.55. The summed E-state index contributed by atoms with van der Waals surface area (Å²) >= 11 is 0. The van der Waals surface area contributed by atoms with E-state index in [1.54, 1.807) is 43.3 Å². The second-order valence-corrected chi connectivity index (χ2v) is 7.42. The van der Waals surface area contributed by atoms with Gasteiger partial charge in [0.2, 0.25) is 5.71 Å². The first-order chi connectivity index (χ1) is 16.0. The summed E-state index contributed by atoms with van der Waals surface area (Å²) in [6.45, 7) is 7.17. The molecule has 1 heterocycles. The molecule has 1 aliphatic heterocycles. The van der Waals surface area contributed by atoms with Crippen LogP contribution in [0.5, 0.6) is 5.75 Å². The fraction of sp³-hybridized carbons (Fsp3) is 0.280. The van der Waals surface area contributed by atoms with Crippen LogP contribution in [0.1, 0.15) is 46.0 Å². The lowest BCUT2D eigenvalue weighted by molar-refractivity contribution is 0.0622. The van der Waals surface area contributed by atoms with Crippen LogP contribution in [0.3, 0.4) is 0 Å². The van der Waals surface area contributed by atoms with Gasteiger partial charge in [-0.25, -0.2) is 9.88 Å². The first kappa shape index (κ1) is 23.9. The van der Waals surface area contributed by atoms with Gasteiger partial charge in [0.15, 0.2) is 0 Å². The molecule has 2 aromatic carbocycles. The molecule has 0 bridgehead atoms. The summed E-state index contributed by atoms with van der Waals surface area (Å²) in [4.78, 5) is 25.9. The van der Waals surface area contributed by atoms with E-state index in [9.17, 15) is 14.8 Å². The first-order valence-electron chi connectivity index (χ1n) is 10.8. The highest BCUT2D eigenvalue weighted by Gasteiger charge is 2.34. The fourth-order valence-electron chi connectivity index (χ4n) is 3.33. The van der Waals surface area contributed by atoms with E-state index in [2.05, 4.69) is 16.7 Å². The predicted octanol–water partition coefficient (Wildman–Crippen LogP) is 2.60. The highest BCUT2D eigenvalue weighted by Crippen LogP contribution is 2.22. The predicted molar refractivity (Wildman–Crippen MR) is 126 cm³/mol. The van der Waals surface area contributed by atoms with E-state index in [4.69, 9.17) is 9.47 Å². The number of nitrogens with zero attached hydrogens (tertiary/aromatic N) is 2. The molecule has 172 valence electrons. The fourth-order valence-corrected chi connectivity index (χ4v) is 3.33. The van der Waals surface area contributed by atoms with E-state index in [0.29, 0.717) is 73.2 Å². The molecule has 0 aliphatic carbocycles. The van der Waals surface area contributed by atoms with Crippen molar-refractivity contribution in [1.29, 1.82) is 0 Å². The number of carbonyl (C=O) groups excluding carboxylic acids is 2. The van der Waals surface area contributed by atoms with Gasteiger partial charge >= 0.3 is 5.84 Å². The third-order valence-electron chi connectivity index (χ3n) is 5.05. The monoisotopic (exact) mass is 450 g/mol. The minimum Gasteiger partial charge on any atom is -0.493 e. The molecule has 0 atom stereocenters. The molecule has 0 fully saturated rings. The summed E-state index contributed by atoms with van der Waals surface area (Å²) < 4.78 is 15.6. The number of nitrogens with one attached hydrogen (secondary N) is 1. The molecule has 3 rings (SSSR count). The largest absolute Gasteiger partial charge is 0.493 e. The number of amidine groups is 1. The standard InChI is InChI=1S/C25H27N3O5/c1-3-18(2)26-23(27-31)19-9-6-10-20(17-19)33-16-8-15-32-14-7-13-28-24(29)21-11-4-5-12-22(21)25(28)30/h3-6,9-12,17,31H,1,7-8,13-16H2,2H3/p+1. The molecule has 2 N–H and O–H groups in total. The summed E-state index contributed by atoms with van der Waals surface area (Å²) in [6.07, 6.45) is 2.85. The topological polar surface area (TPSA) is 102 Å². The lowest BCUT2D eigenvalue weighted by Crippen LogP contribution is -2.31. The molecule has 8 heteroatoms. The summed E-state index contributed by atoms with van der Waals surface area (Å²) in [5.41, 5.74) is 4.37. The van der Waals surface area contributed by atoms with Crippen LogP contribution in [0, 0.1) is 0 Å². The summed E-state index contributed by atoms with van der Waals surface area (Å²) in [7, 11) is 0. The summed E-state index contributed by atoms with van der Waals surface area (Å²) in [6, 6.07) is 14.1. The maximum Gasteiger partial charge on any atom is 0.404 e. The average Bonchev–Trinajstić information content (AvgIpc) is 3.09. The molecule has 2 amide bonds. The van der Waals surface area contributed by atoms with Crippen molar-refractivity contribution in [2.24, 2.45) is 0 Å². The van der Waals surface area contributed by atoms with Crippen LogP contribution < -0.4 is 14.9 Å². The van der Waals surface area contributed by atoms with Crippen molar-refractivity contribution < 1.29 is 24.3 Å². The average molecular weight is 451 g/mol. The Bertz CT molecular complexity index is 1050. The Morgan fingerprint density at radius 3 is 2.42 bits per heavy atom. The molecular formula is C25H28N3O5+. The number of allylic oxidation sites excluding steroid dienone is 1. The minimum atomic E-state index is -0.242. The Hall–Kier alpha value is -3.71. The van der Waals surface area contributed by atoms with Crippen molar-refractivity contribution in [1.82, 2.24) is 15.0 Å². The van der Waals surface area contributed by atoms with E-state index in [1.165, 1.54) is 4.90 Å². The maximum absolute atomic E-state index is 12.3. The third-order valence-corrected chi connectivity index (χ3v) is 5.05. The zero-order valence-corrected chi connectivity index (χ0v) is 18.6. The van der Waals surface area contributed by atoms with E-state index in [1.807, 2.05) is 18.2 Å². The number of hydroxylamine groups is 1. The normalized spacial score (nSPS) is 12.2. The van der Waals surface area contributed by atoms with Crippen LogP contribution >= 0.6 is 0 Å². The van der Waals surface area contributed by atoms with Crippen LogP contribution in [-0.4, -0.2) is 59.8 Å². The Morgan fingerprint density at radius 1 is 1.06 bits per heavy atom. The van der Waals surface area contributed by atoms with E-state index >= 15 is 0 Å². The molecule has 8 nitrogen and oxygen atoms in total. The number of amides is 2. The van der Waals surface area contributed by atoms with Gasteiger partial charge in [0, 0.05) is 33.1 Å². The Balaban J connectivity index is 1.36. The molecule has 0 saturated carbocycles. The van der Waals surface area contributed by atoms with Gasteiger partial charge in [-0.3, -0.25) is 14.5 Å². The van der Waals surface area contributed by atoms with Gasteiger partial charge in [0.1, 0.15) is 5.75 Å². The van der Waals surface area contributed by atoms with Gasteiger partial charge in [-0.15, -0.1) is 5.48 Å². The number of benzene rings is 2. The lowest BCUT2D eigenvalue weighted by Gasteiger charge is -2.13. The van der Waals surface area contributed by atoms with E-state index in [0.717, 1.165) is 0 Å². The molecule has 1 aliphatic rings. The van der Waals surface area contributed by atoms with Crippen molar-refractivity contribution in [2.45, 2.75) is 19.8 Å². The molecule has 2 aromatic rings. The SMILES string of the molecule is C=CC(C)=[N+]=C(NO)c1cccc(OCCCOCCCN2C(=O)c3ccccc3C2=O)c1. The summed E-state index contributed by atoms with van der Waals surface area (Å²) in [5, 5.41) is 9.35. The van der Waals surface area contributed by atoms with Crippen LogP contribution in [-0.2, 0) is 4.74 Å². The highest BCUT2D eigenvalue weighted by atomic mass is 16.5. The van der Waals surface area contributed by atoms with E-state index < -0.39 is 0 Å². The first-order valence-corrected chi connectivity index (χ1v) is 10.8. The number of fused-ring (bicyclic) bond motifs is 1. The minimum absolute atomic E-state index is 0.242. The number of hydrogen-bond acceptors (Lipinski definition) is 5. The molecule has 0 saturated heterocycles. The van der Waals surface area contributed by atoms with Crippen molar-refractivity contribution in [2.75, 3.05) is 26.4 Å². The number of carbonyl (C=O) groups is 2. The molecule has 0 aromatic heterocycles. The quantitative estimate of drug-likeness (QED) is 0.136. The van der Waals surface area contributed by atoms with Gasteiger partial charge < -0.3 is 9.47 Å². The molecule has 33 heavy (non-hydrogen) atoms. The number of imide groups is 1. The van der Waals surface area contributed by atoms with Crippen molar-refractivity contribution in [3.05, 3.63) is 77.9 Å². The second kappa shape index (κ2) is 11.8. The van der Waals surface area contributed by atoms with Crippen LogP contribution in [0.4, 0.5) is 0 Å². The maximum atomic E-state index is 12.3. The van der Waals surface area contributed by atoms with Gasteiger partial charge in [-0.2, -0.15) is 0 Å². The van der Waals surface area contributed by atoms with Gasteiger partial charge in [-0.1, -0.05) is 24.8 Å². The van der Waals surface area contributed by atoms with Crippen molar-refractivity contribution in [3.63, 3.8) is 0 Å². The smallest absolute Gasteiger partial charge is 0.404 e. The van der Waals surface area contributed by atoms with Crippen LogP contribution in [0.15, 0.2) is 61.2 Å².